The summed E-state index contributed by atoms with van der Waals surface area (Å²) in [6.45, 7) is 9.87. The minimum absolute atomic E-state index is 0.487. The lowest BCUT2D eigenvalue weighted by molar-refractivity contribution is 0.128. The summed E-state index contributed by atoms with van der Waals surface area (Å²) in [4.78, 5) is 7.24. The fourth-order valence-corrected chi connectivity index (χ4v) is 3.35. The van der Waals surface area contributed by atoms with Crippen LogP contribution in [0.25, 0.3) is 0 Å². The zero-order valence-corrected chi connectivity index (χ0v) is 17.4. The van der Waals surface area contributed by atoms with Gasteiger partial charge in [-0.1, -0.05) is 12.1 Å². The molecule has 6 heteroatoms. The SMILES string of the molecule is CCNC(=NCCc1ccc(C)c(OC)c1)NC1CCN(CCOC)CC1. The van der Waals surface area contributed by atoms with Crippen LogP contribution < -0.4 is 15.4 Å². The molecule has 1 aromatic rings. The highest BCUT2D eigenvalue weighted by Gasteiger charge is 2.19. The van der Waals surface area contributed by atoms with Crippen molar-refractivity contribution >= 4 is 5.96 Å². The Labute approximate surface area is 164 Å². The van der Waals surface area contributed by atoms with Crippen LogP contribution in [0.3, 0.4) is 0 Å². The quantitative estimate of drug-likeness (QED) is 0.511. The number of hydrogen-bond donors (Lipinski definition) is 2. The highest BCUT2D eigenvalue weighted by molar-refractivity contribution is 5.80. The second-order valence-corrected chi connectivity index (χ2v) is 7.07. The normalized spacial score (nSPS) is 16.4. The molecule has 0 amide bonds. The van der Waals surface area contributed by atoms with Gasteiger partial charge in [-0.25, -0.2) is 0 Å². The average Bonchev–Trinajstić information content (AvgIpc) is 2.69. The monoisotopic (exact) mass is 376 g/mol. The summed E-state index contributed by atoms with van der Waals surface area (Å²) < 4.78 is 10.6. The number of piperidine rings is 1. The van der Waals surface area contributed by atoms with E-state index in [9.17, 15) is 0 Å². The number of nitrogens with one attached hydrogen (secondary N) is 2. The topological polar surface area (TPSA) is 58.1 Å². The highest BCUT2D eigenvalue weighted by Crippen LogP contribution is 2.19. The maximum atomic E-state index is 5.41. The van der Waals surface area contributed by atoms with Gasteiger partial charge in [-0.2, -0.15) is 0 Å². The Balaban J connectivity index is 1.82. The predicted molar refractivity (Wildman–Crippen MR) is 112 cm³/mol. The molecule has 0 saturated carbocycles. The number of aliphatic imine (C=N–C) groups is 1. The van der Waals surface area contributed by atoms with Crippen molar-refractivity contribution in [3.8, 4) is 5.75 Å². The summed E-state index contributed by atoms with van der Waals surface area (Å²) >= 11 is 0. The van der Waals surface area contributed by atoms with Gasteiger partial charge in [0, 0.05) is 45.9 Å². The molecule has 1 aliphatic rings. The average molecular weight is 377 g/mol. The summed E-state index contributed by atoms with van der Waals surface area (Å²) in [5.74, 6) is 1.87. The van der Waals surface area contributed by atoms with E-state index < -0.39 is 0 Å². The summed E-state index contributed by atoms with van der Waals surface area (Å²) in [6, 6.07) is 6.87. The van der Waals surface area contributed by atoms with E-state index in [0.717, 1.165) is 75.9 Å². The van der Waals surface area contributed by atoms with Crippen LogP contribution in [0.5, 0.6) is 5.75 Å². The summed E-state index contributed by atoms with van der Waals surface area (Å²) in [5.41, 5.74) is 2.42. The molecule has 152 valence electrons. The number of nitrogens with zero attached hydrogens (tertiary/aromatic N) is 2. The van der Waals surface area contributed by atoms with Crippen LogP contribution >= 0.6 is 0 Å². The summed E-state index contributed by atoms with van der Waals surface area (Å²) in [6.07, 6.45) is 3.19. The Bertz CT molecular complexity index is 584. The van der Waals surface area contributed by atoms with Gasteiger partial charge in [-0.3, -0.25) is 4.99 Å². The molecule has 1 fully saturated rings. The van der Waals surface area contributed by atoms with Gasteiger partial charge >= 0.3 is 0 Å². The molecule has 2 N–H and O–H groups in total. The van der Waals surface area contributed by atoms with Crippen LogP contribution in [0.1, 0.15) is 30.9 Å². The van der Waals surface area contributed by atoms with Gasteiger partial charge in [-0.05, 0) is 50.3 Å². The molecule has 1 aliphatic heterocycles. The van der Waals surface area contributed by atoms with Gasteiger partial charge in [-0.15, -0.1) is 0 Å². The number of aryl methyl sites for hydroxylation is 1. The Morgan fingerprint density at radius 1 is 1.26 bits per heavy atom. The van der Waals surface area contributed by atoms with Gasteiger partial charge in [0.1, 0.15) is 5.75 Å². The Hall–Kier alpha value is -1.79. The third kappa shape index (κ3) is 7.39. The molecule has 0 unspecified atom stereocenters. The maximum Gasteiger partial charge on any atom is 0.191 e. The molecule has 27 heavy (non-hydrogen) atoms. The molecule has 2 rings (SSSR count). The van der Waals surface area contributed by atoms with Crippen LogP contribution in [-0.2, 0) is 11.2 Å². The second-order valence-electron chi connectivity index (χ2n) is 7.07. The molecule has 1 heterocycles. The van der Waals surface area contributed by atoms with E-state index in [4.69, 9.17) is 14.5 Å². The molecule has 0 atom stereocenters. The van der Waals surface area contributed by atoms with Gasteiger partial charge < -0.3 is 25.0 Å². The van der Waals surface area contributed by atoms with Crippen molar-refractivity contribution in [2.75, 3.05) is 53.6 Å². The Morgan fingerprint density at radius 2 is 2.04 bits per heavy atom. The fourth-order valence-electron chi connectivity index (χ4n) is 3.35. The maximum absolute atomic E-state index is 5.41. The first-order valence-electron chi connectivity index (χ1n) is 10.1. The summed E-state index contributed by atoms with van der Waals surface area (Å²) in [7, 11) is 3.48. The third-order valence-electron chi connectivity index (χ3n) is 5.03. The van der Waals surface area contributed by atoms with E-state index >= 15 is 0 Å². The van der Waals surface area contributed by atoms with Gasteiger partial charge in [0.15, 0.2) is 5.96 Å². The van der Waals surface area contributed by atoms with Crippen LogP contribution in [0.4, 0.5) is 0 Å². The zero-order valence-electron chi connectivity index (χ0n) is 17.4. The van der Waals surface area contributed by atoms with Gasteiger partial charge in [0.05, 0.1) is 13.7 Å². The van der Waals surface area contributed by atoms with Crippen molar-refractivity contribution in [1.82, 2.24) is 15.5 Å². The van der Waals surface area contributed by atoms with Crippen molar-refractivity contribution in [2.24, 2.45) is 4.99 Å². The number of rotatable bonds is 9. The van der Waals surface area contributed by atoms with Crippen molar-refractivity contribution < 1.29 is 9.47 Å². The van der Waals surface area contributed by atoms with Crippen molar-refractivity contribution in [3.05, 3.63) is 29.3 Å². The first-order valence-corrected chi connectivity index (χ1v) is 10.1. The Kier molecular flexibility index (Phi) is 9.42. The molecule has 0 radical (unpaired) electrons. The third-order valence-corrected chi connectivity index (χ3v) is 5.03. The van der Waals surface area contributed by atoms with E-state index in [2.05, 4.69) is 47.6 Å². The lowest BCUT2D eigenvalue weighted by atomic mass is 10.1. The minimum atomic E-state index is 0.487. The lowest BCUT2D eigenvalue weighted by Crippen LogP contribution is -2.49. The van der Waals surface area contributed by atoms with Crippen molar-refractivity contribution in [1.29, 1.82) is 0 Å². The Morgan fingerprint density at radius 3 is 2.70 bits per heavy atom. The molecular formula is C21H36N4O2. The van der Waals surface area contributed by atoms with E-state index in [1.165, 1.54) is 5.56 Å². The fraction of sp³-hybridized carbons (Fsp3) is 0.667. The van der Waals surface area contributed by atoms with Gasteiger partial charge in [0.2, 0.25) is 0 Å². The zero-order chi connectivity index (χ0) is 19.5. The van der Waals surface area contributed by atoms with Gasteiger partial charge in [0.25, 0.3) is 0 Å². The second kappa shape index (κ2) is 11.8. The number of benzene rings is 1. The number of methoxy groups -OCH3 is 2. The standard InChI is InChI=1S/C21H36N4O2/c1-5-22-21(24-19-9-12-25(13-10-19)14-15-26-3)23-11-8-18-7-6-17(2)20(16-18)27-4/h6-7,16,19H,5,8-15H2,1-4H3,(H2,22,23,24). The number of likely N-dealkylation sites (tertiary alicyclic amines) is 1. The van der Waals surface area contributed by atoms with E-state index in [0.29, 0.717) is 6.04 Å². The van der Waals surface area contributed by atoms with Crippen LogP contribution in [0, 0.1) is 6.92 Å². The molecule has 0 aromatic heterocycles. The molecule has 0 spiro atoms. The lowest BCUT2D eigenvalue weighted by Gasteiger charge is -2.32. The van der Waals surface area contributed by atoms with Crippen molar-refractivity contribution in [3.63, 3.8) is 0 Å². The number of ether oxygens (including phenoxy) is 2. The first kappa shape index (κ1) is 21.5. The molecule has 1 aromatic carbocycles. The van der Waals surface area contributed by atoms with Crippen LogP contribution in [0.15, 0.2) is 23.2 Å². The number of guanidine groups is 1. The minimum Gasteiger partial charge on any atom is -0.496 e. The highest BCUT2D eigenvalue weighted by atomic mass is 16.5. The summed E-state index contributed by atoms with van der Waals surface area (Å²) in [5, 5.41) is 6.98. The molecule has 0 aliphatic carbocycles. The molecule has 0 bridgehead atoms. The first-order chi connectivity index (χ1) is 13.2. The molecular weight excluding hydrogens is 340 g/mol. The predicted octanol–water partition coefficient (Wildman–Crippen LogP) is 2.21. The smallest absolute Gasteiger partial charge is 0.191 e. The van der Waals surface area contributed by atoms with E-state index in [1.807, 2.05) is 0 Å². The molecule has 6 nitrogen and oxygen atoms in total. The number of hydrogen-bond acceptors (Lipinski definition) is 4. The largest absolute Gasteiger partial charge is 0.496 e. The van der Waals surface area contributed by atoms with Crippen LogP contribution in [-0.4, -0.2) is 70.5 Å². The van der Waals surface area contributed by atoms with Crippen LogP contribution in [0.2, 0.25) is 0 Å². The van der Waals surface area contributed by atoms with Crippen molar-refractivity contribution in [2.45, 2.75) is 39.2 Å². The van der Waals surface area contributed by atoms with E-state index in [-0.39, 0.29) is 0 Å². The van der Waals surface area contributed by atoms with E-state index in [1.54, 1.807) is 14.2 Å². The molecule has 1 saturated heterocycles.